The van der Waals surface area contributed by atoms with Crippen LogP contribution >= 0.6 is 0 Å². The van der Waals surface area contributed by atoms with Crippen LogP contribution in [0, 0.1) is 0 Å². The van der Waals surface area contributed by atoms with Gasteiger partial charge in [-0.1, -0.05) is 13.2 Å². The maximum atomic E-state index is 11.6. The Morgan fingerprint density at radius 1 is 0.767 bits per heavy atom. The van der Waals surface area contributed by atoms with E-state index in [9.17, 15) is 19.2 Å². The molecule has 0 spiro atoms. The molecule has 2 amide bonds. The average Bonchev–Trinajstić information content (AvgIpc) is 2.67. The topological polar surface area (TPSA) is 114 Å². The fourth-order valence-electron chi connectivity index (χ4n) is 2.06. The lowest BCUT2D eigenvalue weighted by Gasteiger charge is -2.16. The lowest BCUT2D eigenvalue weighted by atomic mass is 10.3. The Bertz CT molecular complexity index is 566. The molecule has 0 atom stereocenters. The molecule has 0 saturated heterocycles. The summed E-state index contributed by atoms with van der Waals surface area (Å²) in [4.78, 5) is 47.8. The van der Waals surface area contributed by atoms with Gasteiger partial charge in [0.1, 0.15) is 13.2 Å². The third-order valence-electron chi connectivity index (χ3n) is 3.93. The van der Waals surface area contributed by atoms with Crippen LogP contribution in [0.1, 0.15) is 39.5 Å². The van der Waals surface area contributed by atoms with Crippen molar-refractivity contribution in [2.75, 3.05) is 46.4 Å². The summed E-state index contributed by atoms with van der Waals surface area (Å²) in [7, 11) is 1.84. The van der Waals surface area contributed by atoms with E-state index in [2.05, 4.69) is 23.8 Å². The summed E-state index contributed by atoms with van der Waals surface area (Å²) in [5, 5.41) is 5.30. The van der Waals surface area contributed by atoms with Crippen LogP contribution in [0.4, 0.5) is 0 Å². The Kier molecular flexibility index (Phi) is 14.7. The SMILES string of the molecule is C=C(C)C(=O)NCCCC(=O)OCCN(C)CCOC(=O)CCCNC(=O)C(=C)C. The highest BCUT2D eigenvalue weighted by Crippen LogP contribution is 1.96. The van der Waals surface area contributed by atoms with Gasteiger partial charge in [-0.05, 0) is 33.7 Å². The second-order valence-electron chi connectivity index (χ2n) is 7.02. The highest BCUT2D eigenvalue weighted by molar-refractivity contribution is 5.92. The number of ether oxygens (including phenoxy) is 2. The maximum absolute atomic E-state index is 11.6. The second kappa shape index (κ2) is 16.2. The fraction of sp³-hybridized carbons (Fsp3) is 0.619. The summed E-state index contributed by atoms with van der Waals surface area (Å²) in [6.07, 6.45) is 1.45. The van der Waals surface area contributed by atoms with Crippen molar-refractivity contribution in [2.24, 2.45) is 0 Å². The highest BCUT2D eigenvalue weighted by Gasteiger charge is 2.08. The molecule has 0 rings (SSSR count). The van der Waals surface area contributed by atoms with Crippen molar-refractivity contribution < 1.29 is 28.7 Å². The lowest BCUT2D eigenvalue weighted by Crippen LogP contribution is -2.29. The molecular formula is C21H35N3O6. The Morgan fingerprint density at radius 2 is 1.13 bits per heavy atom. The molecule has 0 bridgehead atoms. The van der Waals surface area contributed by atoms with Crippen LogP contribution in [0.5, 0.6) is 0 Å². The minimum Gasteiger partial charge on any atom is -0.464 e. The summed E-state index contributed by atoms with van der Waals surface area (Å²) < 4.78 is 10.3. The van der Waals surface area contributed by atoms with Gasteiger partial charge in [-0.2, -0.15) is 0 Å². The third-order valence-corrected chi connectivity index (χ3v) is 3.93. The third kappa shape index (κ3) is 15.3. The number of likely N-dealkylation sites (N-methyl/N-ethyl adjacent to an activating group) is 1. The van der Waals surface area contributed by atoms with Gasteiger partial charge in [0.25, 0.3) is 0 Å². The summed E-state index contributed by atoms with van der Waals surface area (Å²) in [6.45, 7) is 12.6. The zero-order valence-corrected chi connectivity index (χ0v) is 18.4. The van der Waals surface area contributed by atoms with E-state index >= 15 is 0 Å². The molecule has 0 heterocycles. The van der Waals surface area contributed by atoms with Crippen LogP contribution in [0.3, 0.4) is 0 Å². The van der Waals surface area contributed by atoms with E-state index in [1.165, 1.54) is 0 Å². The van der Waals surface area contributed by atoms with Gasteiger partial charge in [0.05, 0.1) is 0 Å². The van der Waals surface area contributed by atoms with Crippen molar-refractivity contribution in [1.29, 1.82) is 0 Å². The largest absolute Gasteiger partial charge is 0.464 e. The zero-order valence-electron chi connectivity index (χ0n) is 18.4. The first-order valence-corrected chi connectivity index (χ1v) is 10.0. The molecule has 0 aliphatic heterocycles. The molecule has 170 valence electrons. The van der Waals surface area contributed by atoms with Gasteiger partial charge in [0.15, 0.2) is 0 Å². The van der Waals surface area contributed by atoms with Crippen molar-refractivity contribution in [3.8, 4) is 0 Å². The lowest BCUT2D eigenvalue weighted by molar-refractivity contribution is -0.144. The number of amides is 2. The predicted octanol–water partition coefficient (Wildman–Crippen LogP) is 0.950. The smallest absolute Gasteiger partial charge is 0.305 e. The monoisotopic (exact) mass is 425 g/mol. The Morgan fingerprint density at radius 3 is 1.47 bits per heavy atom. The number of esters is 2. The number of nitrogens with zero attached hydrogens (tertiary/aromatic N) is 1. The van der Waals surface area contributed by atoms with Crippen molar-refractivity contribution in [3.05, 3.63) is 24.3 Å². The van der Waals surface area contributed by atoms with Gasteiger partial charge in [-0.15, -0.1) is 0 Å². The number of carbonyl (C=O) groups excluding carboxylic acids is 4. The summed E-state index contributed by atoms with van der Waals surface area (Å²) in [5.74, 6) is -1.09. The first-order valence-electron chi connectivity index (χ1n) is 10.0. The standard InChI is InChI=1S/C21H35N3O6/c1-16(2)20(27)22-10-6-8-18(25)29-14-12-24(5)13-15-30-19(26)9-7-11-23-21(28)17(3)4/h1,3,6-15H2,2,4-5H3,(H,22,27)(H,23,28). The molecule has 0 aromatic rings. The van der Waals surface area contributed by atoms with Crippen molar-refractivity contribution in [3.63, 3.8) is 0 Å². The number of carbonyl (C=O) groups is 4. The minimum absolute atomic E-state index is 0.222. The van der Waals surface area contributed by atoms with Crippen LogP contribution in [0.2, 0.25) is 0 Å². The van der Waals surface area contributed by atoms with Crippen molar-refractivity contribution in [2.45, 2.75) is 39.5 Å². The number of hydrogen-bond acceptors (Lipinski definition) is 7. The molecule has 0 aromatic carbocycles. The average molecular weight is 426 g/mol. The summed E-state index contributed by atoms with van der Waals surface area (Å²) in [6, 6.07) is 0. The van der Waals surface area contributed by atoms with Crippen LogP contribution in [0.25, 0.3) is 0 Å². The number of nitrogens with one attached hydrogen (secondary N) is 2. The van der Waals surface area contributed by atoms with Crippen LogP contribution in [-0.2, 0) is 28.7 Å². The number of hydrogen-bond donors (Lipinski definition) is 2. The Hall–Kier alpha value is -2.68. The molecule has 0 aliphatic carbocycles. The predicted molar refractivity (Wildman–Crippen MR) is 114 cm³/mol. The van der Waals surface area contributed by atoms with Gasteiger partial charge >= 0.3 is 11.9 Å². The van der Waals surface area contributed by atoms with E-state index in [0.29, 0.717) is 50.2 Å². The minimum atomic E-state index is -0.321. The van der Waals surface area contributed by atoms with Gasteiger partial charge in [-0.25, -0.2) is 0 Å². The quantitative estimate of drug-likeness (QED) is 0.215. The van der Waals surface area contributed by atoms with E-state index in [4.69, 9.17) is 9.47 Å². The van der Waals surface area contributed by atoms with Gasteiger partial charge < -0.3 is 20.1 Å². The summed E-state index contributed by atoms with van der Waals surface area (Å²) >= 11 is 0. The van der Waals surface area contributed by atoms with Gasteiger partial charge in [0.2, 0.25) is 11.8 Å². The first-order chi connectivity index (χ1) is 14.1. The Labute approximate surface area is 178 Å². The molecule has 0 unspecified atom stereocenters. The molecule has 0 saturated carbocycles. The highest BCUT2D eigenvalue weighted by atomic mass is 16.5. The first kappa shape index (κ1) is 27.3. The van der Waals surface area contributed by atoms with Crippen molar-refractivity contribution in [1.82, 2.24) is 15.5 Å². The molecule has 9 nitrogen and oxygen atoms in total. The van der Waals surface area contributed by atoms with Gasteiger partial charge in [-0.3, -0.25) is 24.1 Å². The van der Waals surface area contributed by atoms with E-state index in [-0.39, 0.29) is 49.8 Å². The van der Waals surface area contributed by atoms with Crippen LogP contribution in [0.15, 0.2) is 24.3 Å². The van der Waals surface area contributed by atoms with E-state index in [1.807, 2.05) is 11.9 Å². The second-order valence-corrected chi connectivity index (χ2v) is 7.02. The molecule has 9 heteroatoms. The maximum Gasteiger partial charge on any atom is 0.305 e. The zero-order chi connectivity index (χ0) is 22.9. The Balaban J connectivity index is 3.65. The molecular weight excluding hydrogens is 390 g/mol. The van der Waals surface area contributed by atoms with Gasteiger partial charge in [0, 0.05) is 50.2 Å². The molecule has 2 N–H and O–H groups in total. The van der Waals surface area contributed by atoms with Crippen LogP contribution < -0.4 is 10.6 Å². The number of rotatable bonds is 16. The molecule has 0 radical (unpaired) electrons. The molecule has 30 heavy (non-hydrogen) atoms. The molecule has 0 fully saturated rings. The van der Waals surface area contributed by atoms with E-state index in [1.54, 1.807) is 13.8 Å². The van der Waals surface area contributed by atoms with E-state index < -0.39 is 0 Å². The molecule has 0 aliphatic rings. The van der Waals surface area contributed by atoms with Crippen LogP contribution in [-0.4, -0.2) is 75.1 Å². The van der Waals surface area contributed by atoms with Crippen molar-refractivity contribution >= 4 is 23.8 Å². The molecule has 0 aromatic heterocycles. The van der Waals surface area contributed by atoms with E-state index in [0.717, 1.165) is 0 Å². The normalized spacial score (nSPS) is 10.3. The summed E-state index contributed by atoms with van der Waals surface area (Å²) in [5.41, 5.74) is 0.858. The fourth-order valence-corrected chi connectivity index (χ4v) is 2.06.